The zero-order chi connectivity index (χ0) is 21.4. The van der Waals surface area contributed by atoms with Gasteiger partial charge in [0.25, 0.3) is 5.91 Å². The number of rotatable bonds is 4. The number of amides is 1. The Morgan fingerprint density at radius 1 is 1.26 bits per heavy atom. The largest absolute Gasteiger partial charge is 0.368 e. The van der Waals surface area contributed by atoms with Gasteiger partial charge in [-0.2, -0.15) is 5.10 Å². The number of pyridine rings is 1. The molecular formula is C24H25ClN4O2. The number of benzene rings is 1. The van der Waals surface area contributed by atoms with Crippen LogP contribution in [0.3, 0.4) is 0 Å². The molecule has 5 rings (SSSR count). The Labute approximate surface area is 186 Å². The minimum atomic E-state index is -0.247. The molecule has 1 atom stereocenters. The van der Waals surface area contributed by atoms with Crippen molar-refractivity contribution in [3.8, 4) is 0 Å². The molecule has 1 saturated heterocycles. The van der Waals surface area contributed by atoms with E-state index in [1.165, 1.54) is 0 Å². The summed E-state index contributed by atoms with van der Waals surface area (Å²) in [6.07, 6.45) is 3.50. The monoisotopic (exact) mass is 436 g/mol. The lowest BCUT2D eigenvalue weighted by atomic mass is 10.0. The molecule has 1 aliphatic carbocycles. The topological polar surface area (TPSA) is 71.1 Å². The van der Waals surface area contributed by atoms with Crippen LogP contribution in [0, 0.1) is 6.92 Å². The summed E-state index contributed by atoms with van der Waals surface area (Å²) in [5, 5.41) is 8.08. The van der Waals surface area contributed by atoms with Crippen molar-refractivity contribution in [1.82, 2.24) is 20.1 Å². The second kappa shape index (κ2) is 8.44. The average molecular weight is 437 g/mol. The summed E-state index contributed by atoms with van der Waals surface area (Å²) in [7, 11) is 0. The zero-order valence-electron chi connectivity index (χ0n) is 17.5. The minimum Gasteiger partial charge on any atom is -0.368 e. The van der Waals surface area contributed by atoms with Crippen LogP contribution in [0.15, 0.2) is 36.4 Å². The first kappa shape index (κ1) is 20.2. The molecule has 0 unspecified atom stereocenters. The van der Waals surface area contributed by atoms with E-state index in [1.54, 1.807) is 0 Å². The number of H-pyrrole nitrogens is 1. The number of nitrogens with one attached hydrogen (secondary N) is 1. The van der Waals surface area contributed by atoms with Crippen LogP contribution in [0.25, 0.3) is 0 Å². The third-order valence-electron chi connectivity index (χ3n) is 6.02. The Morgan fingerprint density at radius 3 is 3.03 bits per heavy atom. The molecule has 3 heterocycles. The molecule has 1 amide bonds. The smallest absolute Gasteiger partial charge is 0.274 e. The molecule has 0 bridgehead atoms. The summed E-state index contributed by atoms with van der Waals surface area (Å²) in [5.41, 5.74) is 6.88. The van der Waals surface area contributed by atoms with Crippen LogP contribution in [-0.2, 0) is 24.0 Å². The fraction of sp³-hybridized carbons (Fsp3) is 0.375. The van der Waals surface area contributed by atoms with Gasteiger partial charge in [-0.3, -0.25) is 14.9 Å². The summed E-state index contributed by atoms with van der Waals surface area (Å²) >= 11 is 6.14. The highest BCUT2D eigenvalue weighted by molar-refractivity contribution is 6.30. The Hall–Kier alpha value is -2.70. The summed E-state index contributed by atoms with van der Waals surface area (Å²) in [6, 6.07) is 12.1. The van der Waals surface area contributed by atoms with Crippen molar-refractivity contribution in [1.29, 1.82) is 0 Å². The molecule has 0 radical (unpaired) electrons. The number of hydrogen-bond acceptors (Lipinski definition) is 4. The zero-order valence-corrected chi connectivity index (χ0v) is 18.3. The highest BCUT2D eigenvalue weighted by Gasteiger charge is 2.31. The molecule has 160 valence electrons. The van der Waals surface area contributed by atoms with Gasteiger partial charge in [-0.25, -0.2) is 0 Å². The number of carbonyl (C=O) groups excluding carboxylic acids is 1. The van der Waals surface area contributed by atoms with E-state index in [4.69, 9.17) is 21.3 Å². The van der Waals surface area contributed by atoms with Gasteiger partial charge < -0.3 is 9.64 Å². The number of nitrogens with zero attached hydrogens (tertiary/aromatic N) is 3. The number of hydrogen-bond donors (Lipinski definition) is 1. The fourth-order valence-corrected chi connectivity index (χ4v) is 4.79. The Balaban J connectivity index is 1.35. The van der Waals surface area contributed by atoms with Gasteiger partial charge in [-0.1, -0.05) is 23.7 Å². The fourth-order valence-electron chi connectivity index (χ4n) is 4.58. The first-order valence-electron chi connectivity index (χ1n) is 10.8. The maximum absolute atomic E-state index is 13.2. The number of carbonyl (C=O) groups is 1. The molecule has 0 saturated carbocycles. The van der Waals surface area contributed by atoms with Crippen LogP contribution < -0.4 is 0 Å². The van der Waals surface area contributed by atoms with Crippen molar-refractivity contribution in [2.45, 2.75) is 38.7 Å². The molecule has 1 aromatic carbocycles. The van der Waals surface area contributed by atoms with E-state index >= 15 is 0 Å². The van der Waals surface area contributed by atoms with Crippen molar-refractivity contribution in [3.05, 3.63) is 80.9 Å². The number of fused-ring (bicyclic) bond motifs is 1. The van der Waals surface area contributed by atoms with Crippen LogP contribution in [0.1, 0.15) is 56.8 Å². The lowest BCUT2D eigenvalue weighted by Crippen LogP contribution is -2.43. The molecule has 2 aliphatic rings. The molecule has 6 nitrogen and oxygen atoms in total. The highest BCUT2D eigenvalue weighted by atomic mass is 35.5. The predicted molar refractivity (Wildman–Crippen MR) is 118 cm³/mol. The molecule has 7 heteroatoms. The van der Waals surface area contributed by atoms with E-state index in [1.807, 2.05) is 30.0 Å². The summed E-state index contributed by atoms with van der Waals surface area (Å²) < 4.78 is 6.03. The quantitative estimate of drug-likeness (QED) is 0.669. The van der Waals surface area contributed by atoms with Gasteiger partial charge in [-0.05, 0) is 68.0 Å². The van der Waals surface area contributed by atoms with Gasteiger partial charge in [0.1, 0.15) is 6.10 Å². The van der Waals surface area contributed by atoms with E-state index in [0.29, 0.717) is 25.4 Å². The number of aromatic amines is 1. The van der Waals surface area contributed by atoms with E-state index in [-0.39, 0.29) is 12.0 Å². The van der Waals surface area contributed by atoms with Crippen LogP contribution in [0.4, 0.5) is 0 Å². The van der Waals surface area contributed by atoms with E-state index in [2.05, 4.69) is 28.4 Å². The number of aryl methyl sites for hydroxylation is 2. The molecule has 1 aliphatic heterocycles. The second-order valence-electron chi connectivity index (χ2n) is 8.34. The van der Waals surface area contributed by atoms with Gasteiger partial charge in [0.15, 0.2) is 5.69 Å². The minimum absolute atomic E-state index is 0.0143. The number of aromatic nitrogens is 3. The van der Waals surface area contributed by atoms with Crippen LogP contribution in [0.5, 0.6) is 0 Å². The second-order valence-corrected chi connectivity index (χ2v) is 8.78. The van der Waals surface area contributed by atoms with Crippen molar-refractivity contribution in [2.24, 2.45) is 0 Å². The first-order chi connectivity index (χ1) is 15.1. The summed E-state index contributed by atoms with van der Waals surface area (Å²) in [6.45, 7) is 3.53. The van der Waals surface area contributed by atoms with Crippen molar-refractivity contribution >= 4 is 17.5 Å². The summed E-state index contributed by atoms with van der Waals surface area (Å²) in [5.74, 6) is -0.0143. The van der Waals surface area contributed by atoms with Gasteiger partial charge in [-0.15, -0.1) is 0 Å². The van der Waals surface area contributed by atoms with Gasteiger partial charge in [0.05, 0.1) is 18.8 Å². The Bertz CT molecular complexity index is 1130. The molecule has 0 spiro atoms. The van der Waals surface area contributed by atoms with Crippen LogP contribution in [0.2, 0.25) is 5.02 Å². The normalized spacial score (nSPS) is 18.3. The molecule has 2 aromatic heterocycles. The number of morpholine rings is 1. The van der Waals surface area contributed by atoms with E-state index in [9.17, 15) is 4.79 Å². The predicted octanol–water partition coefficient (Wildman–Crippen LogP) is 4.06. The molecule has 1 fully saturated rings. The number of ether oxygens (including phenoxy) is 1. The SMILES string of the molecule is Cc1cc(Cc2cccc(Cl)c2)cc([C@H]2CN(C(=O)c3n[nH]c4c3CCC4)CCO2)n1. The van der Waals surface area contributed by atoms with Crippen molar-refractivity contribution in [3.63, 3.8) is 0 Å². The lowest BCUT2D eigenvalue weighted by molar-refractivity contribution is -0.0250. The van der Waals surface area contributed by atoms with Crippen LogP contribution in [-0.4, -0.2) is 45.7 Å². The Morgan fingerprint density at radius 2 is 2.16 bits per heavy atom. The van der Waals surface area contributed by atoms with Crippen molar-refractivity contribution in [2.75, 3.05) is 19.7 Å². The number of halogens is 1. The third kappa shape index (κ3) is 4.23. The van der Waals surface area contributed by atoms with E-state index < -0.39 is 0 Å². The third-order valence-corrected chi connectivity index (χ3v) is 6.26. The first-order valence-corrected chi connectivity index (χ1v) is 11.1. The summed E-state index contributed by atoms with van der Waals surface area (Å²) in [4.78, 5) is 19.7. The van der Waals surface area contributed by atoms with Gasteiger partial charge in [0.2, 0.25) is 0 Å². The molecule has 3 aromatic rings. The van der Waals surface area contributed by atoms with E-state index in [0.717, 1.165) is 64.5 Å². The van der Waals surface area contributed by atoms with Crippen molar-refractivity contribution < 1.29 is 9.53 Å². The molecule has 31 heavy (non-hydrogen) atoms. The lowest BCUT2D eigenvalue weighted by Gasteiger charge is -2.32. The average Bonchev–Trinajstić information content (AvgIpc) is 3.37. The van der Waals surface area contributed by atoms with Gasteiger partial charge >= 0.3 is 0 Å². The standard InChI is InChI=1S/C24H25ClN4O2/c1-15-10-17(11-16-4-2-5-18(25)12-16)13-21(26-15)22-14-29(8-9-31-22)24(30)23-19-6-3-7-20(19)27-28-23/h2,4-5,10,12-13,22H,3,6-9,11,14H2,1H3,(H,27,28)/t22-/m1/s1. The molecule has 1 N–H and O–H groups in total. The van der Waals surface area contributed by atoms with Gasteiger partial charge in [0, 0.05) is 28.5 Å². The molecular weight excluding hydrogens is 412 g/mol. The highest BCUT2D eigenvalue weighted by Crippen LogP contribution is 2.27. The Kier molecular flexibility index (Phi) is 5.50. The van der Waals surface area contributed by atoms with Crippen LogP contribution >= 0.6 is 11.6 Å². The maximum Gasteiger partial charge on any atom is 0.274 e. The maximum atomic E-state index is 13.2.